The van der Waals surface area contributed by atoms with E-state index in [1.165, 1.54) is 12.1 Å². The Hall–Kier alpha value is -2.73. The number of halogens is 1. The lowest BCUT2D eigenvalue weighted by molar-refractivity contribution is 0.414. The molecule has 26 heavy (non-hydrogen) atoms. The SMILES string of the molecule is COc1ccccc1C1=NN(c2nc(C)cs2)C(c2ccc(F)cc2)C1. The quantitative estimate of drug-likeness (QED) is 0.654. The van der Waals surface area contributed by atoms with Crippen molar-refractivity contribution in [1.29, 1.82) is 0 Å². The van der Waals surface area contributed by atoms with Gasteiger partial charge < -0.3 is 4.74 Å². The van der Waals surface area contributed by atoms with Crippen molar-refractivity contribution in [1.82, 2.24) is 4.98 Å². The number of methoxy groups -OCH3 is 1. The minimum atomic E-state index is -0.241. The van der Waals surface area contributed by atoms with Crippen molar-refractivity contribution in [2.24, 2.45) is 5.10 Å². The summed E-state index contributed by atoms with van der Waals surface area (Å²) in [6.07, 6.45) is 0.699. The summed E-state index contributed by atoms with van der Waals surface area (Å²) < 4.78 is 18.9. The third-order valence-electron chi connectivity index (χ3n) is 4.39. The van der Waals surface area contributed by atoms with E-state index in [9.17, 15) is 4.39 Å². The fourth-order valence-electron chi connectivity index (χ4n) is 3.12. The van der Waals surface area contributed by atoms with Crippen molar-refractivity contribution in [2.75, 3.05) is 12.1 Å². The first-order valence-corrected chi connectivity index (χ1v) is 9.21. The summed E-state index contributed by atoms with van der Waals surface area (Å²) in [5, 5.41) is 9.63. The molecule has 4 rings (SSSR count). The first-order valence-electron chi connectivity index (χ1n) is 8.33. The van der Waals surface area contributed by atoms with Crippen LogP contribution < -0.4 is 9.75 Å². The van der Waals surface area contributed by atoms with E-state index < -0.39 is 0 Å². The number of thiazole rings is 1. The van der Waals surface area contributed by atoms with Gasteiger partial charge in [0.05, 0.1) is 24.6 Å². The molecular weight excluding hydrogens is 349 g/mol. The highest BCUT2D eigenvalue weighted by Gasteiger charge is 2.32. The van der Waals surface area contributed by atoms with E-state index in [0.717, 1.165) is 33.4 Å². The molecule has 1 atom stereocenters. The lowest BCUT2D eigenvalue weighted by Gasteiger charge is -2.21. The predicted molar refractivity (Wildman–Crippen MR) is 103 cm³/mol. The standard InChI is InChI=1S/C20H18FN3OS/c1-13-12-26-20(22-13)24-18(14-7-9-15(21)10-8-14)11-17(23-24)16-5-3-4-6-19(16)25-2/h3-10,12,18H,11H2,1-2H3. The zero-order valence-corrected chi connectivity index (χ0v) is 15.3. The van der Waals surface area contributed by atoms with Crippen molar-refractivity contribution in [3.8, 4) is 5.75 Å². The van der Waals surface area contributed by atoms with Gasteiger partial charge in [0.25, 0.3) is 0 Å². The van der Waals surface area contributed by atoms with Crippen LogP contribution in [0, 0.1) is 12.7 Å². The molecule has 1 aromatic heterocycles. The number of nitrogens with zero attached hydrogens (tertiary/aromatic N) is 3. The number of anilines is 1. The number of benzene rings is 2. The summed E-state index contributed by atoms with van der Waals surface area (Å²) in [5.41, 5.74) is 3.87. The number of para-hydroxylation sites is 1. The van der Waals surface area contributed by atoms with Gasteiger partial charge in [-0.05, 0) is 36.8 Å². The summed E-state index contributed by atoms with van der Waals surface area (Å²) >= 11 is 1.56. The zero-order valence-electron chi connectivity index (χ0n) is 14.5. The topological polar surface area (TPSA) is 37.7 Å². The second-order valence-electron chi connectivity index (χ2n) is 6.13. The number of hydrogen-bond donors (Lipinski definition) is 0. The first kappa shape index (κ1) is 16.7. The van der Waals surface area contributed by atoms with E-state index in [4.69, 9.17) is 9.84 Å². The smallest absolute Gasteiger partial charge is 0.206 e. The highest BCUT2D eigenvalue weighted by molar-refractivity contribution is 7.13. The molecule has 0 spiro atoms. The van der Waals surface area contributed by atoms with Crippen LogP contribution in [0.3, 0.4) is 0 Å². The molecule has 0 N–H and O–H groups in total. The Morgan fingerprint density at radius 1 is 1.15 bits per heavy atom. The fourth-order valence-corrected chi connectivity index (χ4v) is 3.93. The molecule has 1 unspecified atom stereocenters. The molecule has 0 aliphatic carbocycles. The molecular formula is C20H18FN3OS. The van der Waals surface area contributed by atoms with Crippen LogP contribution in [0.25, 0.3) is 0 Å². The van der Waals surface area contributed by atoms with Gasteiger partial charge in [-0.25, -0.2) is 14.4 Å². The molecule has 132 valence electrons. The lowest BCUT2D eigenvalue weighted by atomic mass is 9.98. The fraction of sp³-hybridized carbons (Fsp3) is 0.200. The van der Waals surface area contributed by atoms with Gasteiger partial charge in [0.15, 0.2) is 0 Å². The Kier molecular flexibility index (Phi) is 4.42. The molecule has 0 saturated heterocycles. The van der Waals surface area contributed by atoms with Crippen molar-refractivity contribution in [3.63, 3.8) is 0 Å². The Bertz CT molecular complexity index is 952. The molecule has 0 fully saturated rings. The van der Waals surface area contributed by atoms with E-state index in [1.54, 1.807) is 18.4 Å². The minimum absolute atomic E-state index is 0.0268. The second kappa shape index (κ2) is 6.88. The average Bonchev–Trinajstić information content (AvgIpc) is 3.28. The van der Waals surface area contributed by atoms with Gasteiger partial charge in [0.2, 0.25) is 5.13 Å². The van der Waals surface area contributed by atoms with Crippen LogP contribution >= 0.6 is 11.3 Å². The Labute approximate surface area is 155 Å². The summed E-state index contributed by atoms with van der Waals surface area (Å²) in [7, 11) is 1.66. The van der Waals surface area contributed by atoms with Gasteiger partial charge in [-0.2, -0.15) is 5.10 Å². The number of hydrazone groups is 1. The van der Waals surface area contributed by atoms with Crippen LogP contribution in [0.2, 0.25) is 0 Å². The highest BCUT2D eigenvalue weighted by Crippen LogP contribution is 2.39. The summed E-state index contributed by atoms with van der Waals surface area (Å²) in [5.74, 6) is 0.551. The van der Waals surface area contributed by atoms with Crippen molar-refractivity contribution < 1.29 is 9.13 Å². The molecule has 3 aromatic rings. The van der Waals surface area contributed by atoms with Gasteiger partial charge in [-0.1, -0.05) is 24.3 Å². The molecule has 2 heterocycles. The van der Waals surface area contributed by atoms with E-state index >= 15 is 0 Å². The van der Waals surface area contributed by atoms with E-state index in [2.05, 4.69) is 4.98 Å². The maximum Gasteiger partial charge on any atom is 0.206 e. The van der Waals surface area contributed by atoms with Crippen LogP contribution in [-0.4, -0.2) is 17.8 Å². The molecule has 0 amide bonds. The molecule has 0 radical (unpaired) electrons. The number of aryl methyl sites for hydroxylation is 1. The monoisotopic (exact) mass is 367 g/mol. The number of rotatable bonds is 4. The van der Waals surface area contributed by atoms with Crippen LogP contribution in [0.5, 0.6) is 5.75 Å². The predicted octanol–water partition coefficient (Wildman–Crippen LogP) is 4.95. The molecule has 1 aliphatic heterocycles. The molecule has 1 aliphatic rings. The zero-order chi connectivity index (χ0) is 18.1. The molecule has 2 aromatic carbocycles. The third kappa shape index (κ3) is 3.08. The molecule has 4 nitrogen and oxygen atoms in total. The lowest BCUT2D eigenvalue weighted by Crippen LogP contribution is -2.18. The van der Waals surface area contributed by atoms with Crippen LogP contribution in [0.15, 0.2) is 59.0 Å². The minimum Gasteiger partial charge on any atom is -0.496 e. The largest absolute Gasteiger partial charge is 0.496 e. The molecule has 0 bridgehead atoms. The maximum absolute atomic E-state index is 13.4. The average molecular weight is 367 g/mol. The number of aromatic nitrogens is 1. The Morgan fingerprint density at radius 3 is 2.62 bits per heavy atom. The summed E-state index contributed by atoms with van der Waals surface area (Å²) in [6.45, 7) is 1.97. The molecule has 6 heteroatoms. The normalized spacial score (nSPS) is 16.7. The van der Waals surface area contributed by atoms with Gasteiger partial charge >= 0.3 is 0 Å². The van der Waals surface area contributed by atoms with Crippen LogP contribution in [0.1, 0.15) is 29.3 Å². The summed E-state index contributed by atoms with van der Waals surface area (Å²) in [6, 6.07) is 14.4. The van der Waals surface area contributed by atoms with Crippen LogP contribution in [0.4, 0.5) is 9.52 Å². The number of ether oxygens (including phenoxy) is 1. The van der Waals surface area contributed by atoms with Crippen molar-refractivity contribution in [3.05, 3.63) is 76.5 Å². The summed E-state index contributed by atoms with van der Waals surface area (Å²) in [4.78, 5) is 4.59. The second-order valence-corrected chi connectivity index (χ2v) is 6.97. The third-order valence-corrected chi connectivity index (χ3v) is 5.33. The van der Waals surface area contributed by atoms with E-state index in [0.29, 0.717) is 6.42 Å². The van der Waals surface area contributed by atoms with E-state index in [-0.39, 0.29) is 11.9 Å². The van der Waals surface area contributed by atoms with Crippen LogP contribution in [-0.2, 0) is 0 Å². The first-order chi connectivity index (χ1) is 12.7. The van der Waals surface area contributed by atoms with Gasteiger partial charge in [0.1, 0.15) is 11.6 Å². The number of hydrogen-bond acceptors (Lipinski definition) is 5. The van der Waals surface area contributed by atoms with Crippen molar-refractivity contribution in [2.45, 2.75) is 19.4 Å². The van der Waals surface area contributed by atoms with Gasteiger partial charge in [0, 0.05) is 17.4 Å². The Balaban J connectivity index is 1.76. The van der Waals surface area contributed by atoms with Gasteiger partial charge in [-0.15, -0.1) is 11.3 Å². The maximum atomic E-state index is 13.4. The Morgan fingerprint density at radius 2 is 1.92 bits per heavy atom. The molecule has 0 saturated carbocycles. The van der Waals surface area contributed by atoms with Gasteiger partial charge in [-0.3, -0.25) is 0 Å². The van der Waals surface area contributed by atoms with Crippen molar-refractivity contribution >= 4 is 22.2 Å². The highest BCUT2D eigenvalue weighted by atomic mass is 32.1. The van der Waals surface area contributed by atoms with E-state index in [1.807, 2.05) is 53.7 Å².